The molecule has 0 saturated carbocycles. The molecule has 21 nitrogen and oxygen atoms in total. The lowest BCUT2D eigenvalue weighted by Crippen LogP contribution is -3.13. The number of aliphatic hydroxyl groups is 5. The molecule has 3 unspecified atom stereocenters. The fourth-order valence-corrected chi connectivity index (χ4v) is 6.71. The van der Waals surface area contributed by atoms with Crippen LogP contribution < -0.4 is 31.5 Å². The van der Waals surface area contributed by atoms with Crippen molar-refractivity contribution in [3.05, 3.63) is 24.7 Å². The van der Waals surface area contributed by atoms with Crippen LogP contribution in [0.1, 0.15) is 82.6 Å². The molecule has 0 aliphatic carbocycles. The van der Waals surface area contributed by atoms with Gasteiger partial charge in [-0.25, -0.2) is 14.4 Å². The zero-order valence-electron chi connectivity index (χ0n) is 46.7. The van der Waals surface area contributed by atoms with Crippen LogP contribution in [0.4, 0.5) is 0 Å². The monoisotopic (exact) mass is 1020 g/mol. The van der Waals surface area contributed by atoms with E-state index in [1.54, 1.807) is 5.32 Å². The van der Waals surface area contributed by atoms with Gasteiger partial charge in [0, 0.05) is 50.3 Å². The van der Waals surface area contributed by atoms with Crippen molar-refractivity contribution in [3.8, 4) is 0 Å². The SMILES string of the molecule is C=C(O)C[N+](C)(CCO)CCNC(C)C.C=C(O)C[NH+](CCO)CCNC(C)C.CC(C)NCC[N+](C)(C)CC(=O)O.CC(C)OCC[NH2+]CC(=O)O.CCC[N+](CCO)(CCNC(C)C)CC(=O)O. The van der Waals surface area contributed by atoms with E-state index in [4.69, 9.17) is 40.5 Å². The van der Waals surface area contributed by atoms with E-state index in [1.165, 1.54) is 0 Å². The second-order valence-electron chi connectivity index (χ2n) is 20.3. The highest BCUT2D eigenvalue weighted by atomic mass is 16.5. The van der Waals surface area contributed by atoms with Crippen molar-refractivity contribution in [3.63, 3.8) is 0 Å². The number of nitrogens with zero attached hydrogens (tertiary/aromatic N) is 3. The van der Waals surface area contributed by atoms with Gasteiger partial charge < -0.3 is 90.5 Å². The van der Waals surface area contributed by atoms with E-state index in [-0.39, 0.29) is 57.1 Å². The third-order valence-electron chi connectivity index (χ3n) is 10.2. The number of carbonyl (C=O) groups is 3. The maximum Gasteiger partial charge on any atom is 0.359 e. The number of likely N-dealkylation sites (N-methyl/N-ethyl adjacent to an activating group) is 2. The molecular weight excluding hydrogens is 907 g/mol. The fraction of sp³-hybridized carbons (Fsp3) is 0.857. The topological polar surface area (TPSA) is 291 Å². The van der Waals surface area contributed by atoms with Crippen LogP contribution >= 0.6 is 0 Å². The Morgan fingerprint density at radius 1 is 0.571 bits per heavy atom. The molecule has 0 radical (unpaired) electrons. The number of aliphatic hydroxyl groups excluding tert-OH is 5. The molecule has 0 fully saturated rings. The smallest absolute Gasteiger partial charge is 0.359 e. The largest absolute Gasteiger partial charge is 0.507 e. The number of nitrogens with one attached hydrogen (secondary N) is 5. The maximum absolute atomic E-state index is 10.9. The lowest BCUT2D eigenvalue weighted by Gasteiger charge is -2.37. The van der Waals surface area contributed by atoms with E-state index in [9.17, 15) is 19.5 Å². The molecule has 0 aromatic carbocycles. The van der Waals surface area contributed by atoms with Gasteiger partial charge in [0.25, 0.3) is 0 Å². The Morgan fingerprint density at radius 3 is 1.43 bits per heavy atom. The molecular formula is C49H112N9O12+5. The van der Waals surface area contributed by atoms with Crippen LogP contribution in [0.15, 0.2) is 24.7 Å². The van der Waals surface area contributed by atoms with Crippen LogP contribution in [0.25, 0.3) is 0 Å². The second kappa shape index (κ2) is 47.0. The predicted molar refractivity (Wildman–Crippen MR) is 281 cm³/mol. The number of hydrogen-bond donors (Lipinski definition) is 14. The summed E-state index contributed by atoms with van der Waals surface area (Å²) in [4.78, 5) is 32.6. The zero-order chi connectivity index (χ0) is 55.4. The highest BCUT2D eigenvalue weighted by molar-refractivity contribution is 5.68. The third-order valence-corrected chi connectivity index (χ3v) is 10.2. The molecule has 21 heteroatoms. The first-order valence-corrected chi connectivity index (χ1v) is 25.3. The van der Waals surface area contributed by atoms with E-state index in [2.05, 4.69) is 89.8 Å². The summed E-state index contributed by atoms with van der Waals surface area (Å²) in [6, 6.07) is 1.80. The molecule has 0 aliphatic heterocycles. The molecule has 0 amide bonds. The standard InChI is InChI=1S/C12H26N2O3.C11H24N2O2.C10H22N2O2.C9H20N2O2.C7H15NO3/c1-4-6-14(8-9-15,10-12(16)17)7-5-13-11(2)3;1-10(2)12-5-6-13(4,7-8-14)9-11(3)15;1-9(2)11-4-5-12(6-7-13)8-10(3)14;1-8(2)10-5-6-11(3,4)7-9(12)13;1-6(2)11-4-3-8-5-7(9)10/h11,13,15H,4-10H2,1-3H3;10,12,14H,3,5-9H2,1-2,4H3;9,11,13-14H,3-8H2,1-2H3;8,10H,5-7H2,1-4H3;6,8H,3-5H2,1-2H3,(H,9,10)/p+5. The summed E-state index contributed by atoms with van der Waals surface area (Å²) in [6.45, 7) is 42.0. The molecule has 70 heavy (non-hydrogen) atoms. The van der Waals surface area contributed by atoms with Gasteiger partial charge in [-0.2, -0.15) is 0 Å². The minimum atomic E-state index is -0.795. The van der Waals surface area contributed by atoms with Crippen molar-refractivity contribution >= 4 is 17.9 Å². The Kier molecular flexibility index (Phi) is 51.0. The highest BCUT2D eigenvalue weighted by Crippen LogP contribution is 2.08. The van der Waals surface area contributed by atoms with E-state index < -0.39 is 17.9 Å². The van der Waals surface area contributed by atoms with E-state index >= 15 is 0 Å². The fourth-order valence-electron chi connectivity index (χ4n) is 6.71. The molecule has 3 atom stereocenters. The van der Waals surface area contributed by atoms with Gasteiger partial charge in [-0.15, -0.1) is 0 Å². The molecule has 0 aromatic heterocycles. The molecule has 0 aliphatic rings. The van der Waals surface area contributed by atoms with E-state index in [1.807, 2.05) is 41.9 Å². The summed E-state index contributed by atoms with van der Waals surface area (Å²) < 4.78 is 6.80. The number of aliphatic carboxylic acids is 3. The van der Waals surface area contributed by atoms with Crippen LogP contribution in [0.2, 0.25) is 0 Å². The van der Waals surface area contributed by atoms with Gasteiger partial charge in [-0.3, -0.25) is 0 Å². The Hall–Kier alpha value is -3.03. The normalized spacial score (nSPS) is 13.4. The summed E-state index contributed by atoms with van der Waals surface area (Å²) in [7, 11) is 5.87. The van der Waals surface area contributed by atoms with Crippen molar-refractivity contribution in [2.45, 2.75) is 113 Å². The van der Waals surface area contributed by atoms with Crippen molar-refractivity contribution in [1.29, 1.82) is 0 Å². The lowest BCUT2D eigenvalue weighted by molar-refractivity contribution is -0.920. The van der Waals surface area contributed by atoms with Gasteiger partial charge >= 0.3 is 17.9 Å². The van der Waals surface area contributed by atoms with Gasteiger partial charge in [0.05, 0.1) is 92.9 Å². The van der Waals surface area contributed by atoms with Crippen LogP contribution in [-0.4, -0.2) is 268 Å². The third kappa shape index (κ3) is 61.1. The predicted octanol–water partition coefficient (Wildman–Crippen LogP) is -1.08. The van der Waals surface area contributed by atoms with Crippen molar-refractivity contribution in [1.82, 2.24) is 21.3 Å². The van der Waals surface area contributed by atoms with Gasteiger partial charge in [0.2, 0.25) is 0 Å². The maximum atomic E-state index is 10.9. The molecule has 0 bridgehead atoms. The number of carboxylic acid groups (broad SMARTS) is 3. The van der Waals surface area contributed by atoms with Crippen LogP contribution in [0.3, 0.4) is 0 Å². The molecule has 0 rings (SSSR count). The molecule has 0 spiro atoms. The van der Waals surface area contributed by atoms with Crippen LogP contribution in [0, 0.1) is 0 Å². The first-order chi connectivity index (χ1) is 32.4. The molecule has 420 valence electrons. The average Bonchev–Trinajstić information content (AvgIpc) is 3.17. The van der Waals surface area contributed by atoms with Crippen molar-refractivity contribution < 1.29 is 83.6 Å². The van der Waals surface area contributed by atoms with Gasteiger partial charge in [0.15, 0.2) is 19.6 Å². The second-order valence-corrected chi connectivity index (χ2v) is 20.3. The summed E-state index contributed by atoms with van der Waals surface area (Å²) in [6.07, 6.45) is 1.16. The lowest BCUT2D eigenvalue weighted by atomic mass is 10.2. The van der Waals surface area contributed by atoms with Gasteiger partial charge in [-0.1, -0.05) is 75.5 Å². The van der Waals surface area contributed by atoms with Crippen molar-refractivity contribution in [2.24, 2.45) is 0 Å². The first kappa shape index (κ1) is 75.9. The average molecular weight is 1020 g/mol. The van der Waals surface area contributed by atoms with E-state index in [0.717, 1.165) is 70.2 Å². The van der Waals surface area contributed by atoms with Gasteiger partial charge in [0.1, 0.15) is 44.2 Å². The summed E-state index contributed by atoms with van der Waals surface area (Å²) in [5, 5.41) is 85.9. The molecule has 15 N–H and O–H groups in total. The number of ether oxygens (including phenoxy) is 1. The Balaban J connectivity index is -0.000000253. The summed E-state index contributed by atoms with van der Waals surface area (Å²) in [5.41, 5.74) is 0. The number of nitrogens with two attached hydrogens (primary N) is 1. The van der Waals surface area contributed by atoms with Gasteiger partial charge in [-0.05, 0) is 20.3 Å². The van der Waals surface area contributed by atoms with Crippen LogP contribution in [0.5, 0.6) is 0 Å². The minimum absolute atomic E-state index is 0.0367. The van der Waals surface area contributed by atoms with Crippen LogP contribution in [-0.2, 0) is 19.1 Å². The molecule has 0 heterocycles. The summed E-state index contributed by atoms with van der Waals surface area (Å²) >= 11 is 0. The molecule has 0 saturated heterocycles. The number of carboxylic acids is 3. The Labute approximate surface area is 424 Å². The van der Waals surface area contributed by atoms with E-state index in [0.29, 0.717) is 83.5 Å². The Bertz CT molecular complexity index is 1290. The number of rotatable bonds is 38. The Morgan fingerprint density at radius 2 is 1.04 bits per heavy atom. The molecule has 0 aromatic rings. The minimum Gasteiger partial charge on any atom is -0.507 e. The van der Waals surface area contributed by atoms with Crippen molar-refractivity contribution in [2.75, 3.05) is 165 Å². The zero-order valence-corrected chi connectivity index (χ0v) is 46.7. The number of hydrogen-bond acceptors (Lipinski definition) is 13. The number of quaternary nitrogens is 5. The first-order valence-electron chi connectivity index (χ1n) is 25.3. The summed E-state index contributed by atoms with van der Waals surface area (Å²) in [5.74, 6) is -1.96. The quantitative estimate of drug-likeness (QED) is 0.0199. The highest BCUT2D eigenvalue weighted by Gasteiger charge is 2.29.